The van der Waals surface area contributed by atoms with E-state index in [1.54, 1.807) is 13.8 Å². The van der Waals surface area contributed by atoms with E-state index in [1.807, 2.05) is 13.8 Å². The summed E-state index contributed by atoms with van der Waals surface area (Å²) in [5.41, 5.74) is -0.916. The van der Waals surface area contributed by atoms with Gasteiger partial charge in [-0.05, 0) is 0 Å². The molecule has 6 heteroatoms. The molecule has 18 heavy (non-hydrogen) atoms. The SMILES string of the molecule is CC(OC(=O)C(C)(C)C(C)(C)I(C)C)C(F)(F)F. The average molecular weight is 382 g/mol. The van der Waals surface area contributed by atoms with Gasteiger partial charge >= 0.3 is 114 Å². The Hall–Kier alpha value is -0.0100. The first kappa shape index (κ1) is 18.0. The topological polar surface area (TPSA) is 26.3 Å². The number of rotatable bonds is 4. The predicted molar refractivity (Wildman–Crippen MR) is 75.3 cm³/mol. The van der Waals surface area contributed by atoms with Crippen molar-refractivity contribution in [3.63, 3.8) is 0 Å². The van der Waals surface area contributed by atoms with Crippen LogP contribution in [0.2, 0.25) is 0 Å². The van der Waals surface area contributed by atoms with E-state index in [9.17, 15) is 18.0 Å². The first-order chi connectivity index (χ1) is 7.74. The fourth-order valence-corrected chi connectivity index (χ4v) is 4.01. The van der Waals surface area contributed by atoms with Crippen molar-refractivity contribution in [2.75, 3.05) is 9.86 Å². The van der Waals surface area contributed by atoms with Crippen molar-refractivity contribution in [3.05, 3.63) is 0 Å². The average Bonchev–Trinajstić information content (AvgIpc) is 2.15. The summed E-state index contributed by atoms with van der Waals surface area (Å²) in [4.78, 5) is 16.2. The second kappa shape index (κ2) is 5.54. The molecule has 0 radical (unpaired) electrons. The van der Waals surface area contributed by atoms with Crippen LogP contribution >= 0.6 is 19.8 Å². The molecule has 1 unspecified atom stereocenters. The summed E-state index contributed by atoms with van der Waals surface area (Å²) < 4.78 is 41.4. The van der Waals surface area contributed by atoms with Crippen molar-refractivity contribution in [2.24, 2.45) is 5.41 Å². The van der Waals surface area contributed by atoms with Crippen LogP contribution in [0.15, 0.2) is 0 Å². The van der Waals surface area contributed by atoms with Gasteiger partial charge in [0.15, 0.2) is 0 Å². The van der Waals surface area contributed by atoms with Crippen LogP contribution in [0.25, 0.3) is 0 Å². The number of esters is 1. The van der Waals surface area contributed by atoms with Gasteiger partial charge in [0.05, 0.1) is 0 Å². The number of hydrogen-bond acceptors (Lipinski definition) is 2. The molecule has 0 bridgehead atoms. The molecular formula is C12H22F3IO2. The molecule has 2 nitrogen and oxygen atoms in total. The Kier molecular flexibility index (Phi) is 5.54. The summed E-state index contributed by atoms with van der Waals surface area (Å²) in [6.45, 7) is 8.04. The Morgan fingerprint density at radius 2 is 1.50 bits per heavy atom. The molecule has 0 aromatic heterocycles. The molecule has 0 aromatic carbocycles. The van der Waals surface area contributed by atoms with E-state index in [4.69, 9.17) is 0 Å². The molecule has 0 amide bonds. The van der Waals surface area contributed by atoms with Crippen molar-refractivity contribution in [1.29, 1.82) is 0 Å². The third-order valence-electron chi connectivity index (χ3n) is 3.69. The third-order valence-corrected chi connectivity index (χ3v) is 10.4. The van der Waals surface area contributed by atoms with Crippen molar-refractivity contribution in [2.45, 2.75) is 50.3 Å². The van der Waals surface area contributed by atoms with Gasteiger partial charge in [-0.2, -0.15) is 0 Å². The molecule has 0 aliphatic carbocycles. The summed E-state index contributed by atoms with van der Waals surface area (Å²) in [5, 5.41) is 0. The molecule has 0 saturated heterocycles. The number of alkyl halides is 6. The zero-order valence-corrected chi connectivity index (χ0v) is 14.1. The normalized spacial score (nSPS) is 16.2. The van der Waals surface area contributed by atoms with Crippen molar-refractivity contribution >= 4 is 25.8 Å². The first-order valence-electron chi connectivity index (χ1n) is 5.52. The predicted octanol–water partition coefficient (Wildman–Crippen LogP) is 4.05. The van der Waals surface area contributed by atoms with Crippen LogP contribution in [0.5, 0.6) is 0 Å². The Morgan fingerprint density at radius 3 is 1.78 bits per heavy atom. The monoisotopic (exact) mass is 382 g/mol. The van der Waals surface area contributed by atoms with Gasteiger partial charge in [0.25, 0.3) is 0 Å². The summed E-state index contributed by atoms with van der Waals surface area (Å²) in [7, 11) is 0. The molecule has 0 heterocycles. The quantitative estimate of drug-likeness (QED) is 0.417. The van der Waals surface area contributed by atoms with Crippen LogP contribution in [-0.4, -0.2) is 31.5 Å². The summed E-state index contributed by atoms with van der Waals surface area (Å²) in [6.07, 6.45) is -6.57. The molecule has 1 atom stereocenters. The zero-order valence-electron chi connectivity index (χ0n) is 11.9. The standard InChI is InChI=1S/C12H22F3IO2/c1-8(12(13,14)15)18-9(17)10(2,3)11(4,5)16(6)7/h8H,1-7H3. The van der Waals surface area contributed by atoms with E-state index in [-0.39, 0.29) is 3.42 Å². The van der Waals surface area contributed by atoms with E-state index in [0.717, 1.165) is 6.92 Å². The number of carbonyl (C=O) groups excluding carboxylic acids is 1. The molecule has 0 spiro atoms. The fourth-order valence-electron chi connectivity index (χ4n) is 1.09. The number of carbonyl (C=O) groups is 1. The van der Waals surface area contributed by atoms with E-state index in [1.165, 1.54) is 0 Å². The van der Waals surface area contributed by atoms with Crippen LogP contribution in [0.4, 0.5) is 13.2 Å². The minimum atomic E-state index is -4.51. The molecule has 0 aliphatic rings. The molecule has 0 fully saturated rings. The van der Waals surface area contributed by atoms with Gasteiger partial charge < -0.3 is 0 Å². The van der Waals surface area contributed by atoms with Gasteiger partial charge in [0.2, 0.25) is 0 Å². The third kappa shape index (κ3) is 3.74. The maximum absolute atomic E-state index is 12.4. The zero-order chi connectivity index (χ0) is 14.9. The van der Waals surface area contributed by atoms with Gasteiger partial charge in [0.1, 0.15) is 0 Å². The second-order valence-corrected chi connectivity index (χ2v) is 12.5. The Balaban J connectivity index is 5.00. The molecule has 0 saturated carbocycles. The minimum absolute atomic E-state index is 0.306. The number of ether oxygens (including phenoxy) is 1. The fraction of sp³-hybridized carbons (Fsp3) is 0.917. The van der Waals surface area contributed by atoms with E-state index in [0.29, 0.717) is 0 Å². The van der Waals surface area contributed by atoms with Gasteiger partial charge in [-0.3, -0.25) is 0 Å². The van der Waals surface area contributed by atoms with E-state index in [2.05, 4.69) is 14.6 Å². The van der Waals surface area contributed by atoms with Crippen molar-refractivity contribution in [1.82, 2.24) is 0 Å². The van der Waals surface area contributed by atoms with E-state index < -0.39 is 43.5 Å². The second-order valence-electron chi connectivity index (χ2n) is 5.44. The molecule has 0 aromatic rings. The van der Waals surface area contributed by atoms with Crippen molar-refractivity contribution < 1.29 is 22.7 Å². The van der Waals surface area contributed by atoms with Gasteiger partial charge in [0, 0.05) is 0 Å². The maximum atomic E-state index is 12.4. The van der Waals surface area contributed by atoms with Crippen LogP contribution in [0, 0.1) is 5.41 Å². The number of hydrogen-bond donors (Lipinski definition) is 0. The van der Waals surface area contributed by atoms with Crippen LogP contribution in [-0.2, 0) is 9.53 Å². The van der Waals surface area contributed by atoms with Crippen LogP contribution in [0.3, 0.4) is 0 Å². The van der Waals surface area contributed by atoms with Gasteiger partial charge in [-0.15, -0.1) is 0 Å². The molecule has 0 N–H and O–H groups in total. The van der Waals surface area contributed by atoms with Crippen molar-refractivity contribution in [3.8, 4) is 0 Å². The summed E-state index contributed by atoms with van der Waals surface area (Å²) in [6, 6.07) is 0. The first-order valence-corrected chi connectivity index (χ1v) is 10.9. The Morgan fingerprint density at radius 1 is 1.11 bits per heavy atom. The summed E-state index contributed by atoms with van der Waals surface area (Å²) in [5.74, 6) is -0.775. The van der Waals surface area contributed by atoms with Gasteiger partial charge in [-0.25, -0.2) is 0 Å². The van der Waals surface area contributed by atoms with Crippen LogP contribution in [0.1, 0.15) is 34.6 Å². The molecule has 110 valence electrons. The van der Waals surface area contributed by atoms with E-state index >= 15 is 0 Å². The Labute approximate surface area is 114 Å². The van der Waals surface area contributed by atoms with Gasteiger partial charge in [-0.1, -0.05) is 0 Å². The number of halogens is 4. The Bertz CT molecular complexity index is 309. The van der Waals surface area contributed by atoms with Crippen LogP contribution < -0.4 is 0 Å². The molecular weight excluding hydrogens is 360 g/mol. The molecule has 0 rings (SSSR count). The molecule has 0 aliphatic heterocycles. The summed E-state index contributed by atoms with van der Waals surface area (Å²) >= 11 is -1.41.